The Hall–Kier alpha value is -1.71. The molecule has 4 rings (SSSR count). The molecule has 0 bridgehead atoms. The molecule has 1 aliphatic carbocycles. The summed E-state index contributed by atoms with van der Waals surface area (Å²) in [6.07, 6.45) is 5.01. The lowest BCUT2D eigenvalue weighted by atomic mass is 9.94. The van der Waals surface area contributed by atoms with Gasteiger partial charge in [0.25, 0.3) is 0 Å². The molecular weight excluding hydrogens is 312 g/mol. The fraction of sp³-hybridized carbons (Fsp3) is 0.667. The van der Waals surface area contributed by atoms with Crippen LogP contribution in [0.15, 0.2) is 24.3 Å². The van der Waals surface area contributed by atoms with Gasteiger partial charge in [-0.1, -0.05) is 12.1 Å². The van der Waals surface area contributed by atoms with E-state index in [-0.39, 0.29) is 11.5 Å². The maximum Gasteiger partial charge on any atom is 0.410 e. The first kappa shape index (κ1) is 16.7. The minimum absolute atomic E-state index is 0.163. The molecule has 1 aromatic carbocycles. The average Bonchev–Trinajstić information content (AvgIpc) is 3.16. The number of benzene rings is 1. The minimum Gasteiger partial charge on any atom is -0.444 e. The summed E-state index contributed by atoms with van der Waals surface area (Å²) < 4.78 is 5.55. The van der Waals surface area contributed by atoms with Gasteiger partial charge in [0.15, 0.2) is 0 Å². The molecule has 0 N–H and O–H groups in total. The molecule has 3 fully saturated rings. The number of ether oxygens (including phenoxy) is 1. The predicted octanol–water partition coefficient (Wildman–Crippen LogP) is 4.19. The maximum absolute atomic E-state index is 12.4. The summed E-state index contributed by atoms with van der Waals surface area (Å²) in [5.74, 6) is 0.598. The van der Waals surface area contributed by atoms with E-state index in [1.807, 2.05) is 25.7 Å². The lowest BCUT2D eigenvalue weighted by molar-refractivity contribution is 0.0270. The van der Waals surface area contributed by atoms with E-state index in [0.29, 0.717) is 5.92 Å². The molecular formula is C21H30N2O2. The number of hydrogen-bond donors (Lipinski definition) is 0. The average molecular weight is 342 g/mol. The Labute approximate surface area is 151 Å². The Kier molecular flexibility index (Phi) is 3.97. The van der Waals surface area contributed by atoms with Crippen molar-refractivity contribution in [3.8, 4) is 0 Å². The SMILES string of the molecule is CC(C)(C)OC(=O)N1CC2CC2(c2ccc(N3CCCCC3)cc2)C1. The van der Waals surface area contributed by atoms with Gasteiger partial charge in [-0.25, -0.2) is 4.79 Å². The normalized spacial score (nSPS) is 28.7. The molecule has 2 aliphatic heterocycles. The van der Waals surface area contributed by atoms with Crippen LogP contribution in [0.3, 0.4) is 0 Å². The topological polar surface area (TPSA) is 32.8 Å². The fourth-order valence-corrected chi connectivity index (χ4v) is 4.55. The first-order valence-corrected chi connectivity index (χ1v) is 9.71. The first-order chi connectivity index (χ1) is 11.9. The molecule has 2 atom stereocenters. The van der Waals surface area contributed by atoms with Gasteiger partial charge in [0, 0.05) is 37.3 Å². The summed E-state index contributed by atoms with van der Waals surface area (Å²) in [6.45, 7) is 9.78. The zero-order chi connectivity index (χ0) is 17.7. The summed E-state index contributed by atoms with van der Waals surface area (Å²) in [4.78, 5) is 16.8. The van der Waals surface area contributed by atoms with Crippen LogP contribution in [0.5, 0.6) is 0 Å². The van der Waals surface area contributed by atoms with Crippen molar-refractivity contribution in [3.05, 3.63) is 29.8 Å². The minimum atomic E-state index is -0.423. The smallest absolute Gasteiger partial charge is 0.410 e. The summed E-state index contributed by atoms with van der Waals surface area (Å²) in [7, 11) is 0. The number of nitrogens with zero attached hydrogens (tertiary/aromatic N) is 2. The van der Waals surface area contributed by atoms with Crippen molar-refractivity contribution < 1.29 is 9.53 Å². The second-order valence-corrected chi connectivity index (χ2v) is 9.01. The predicted molar refractivity (Wildman–Crippen MR) is 100 cm³/mol. The number of piperidine rings is 2. The van der Waals surface area contributed by atoms with E-state index >= 15 is 0 Å². The van der Waals surface area contributed by atoms with Gasteiger partial charge in [-0.2, -0.15) is 0 Å². The summed E-state index contributed by atoms with van der Waals surface area (Å²) in [5.41, 5.74) is 2.49. The number of carbonyl (C=O) groups excluding carboxylic acids is 1. The van der Waals surface area contributed by atoms with Gasteiger partial charge in [0.05, 0.1) is 0 Å². The van der Waals surface area contributed by atoms with Crippen molar-refractivity contribution in [1.82, 2.24) is 4.90 Å². The molecule has 0 spiro atoms. The Morgan fingerprint density at radius 2 is 1.80 bits per heavy atom. The van der Waals surface area contributed by atoms with Crippen LogP contribution in [-0.4, -0.2) is 42.8 Å². The Morgan fingerprint density at radius 3 is 2.44 bits per heavy atom. The number of anilines is 1. The summed E-state index contributed by atoms with van der Waals surface area (Å²) in [6, 6.07) is 9.15. The highest BCUT2D eigenvalue weighted by molar-refractivity contribution is 5.70. The molecule has 4 nitrogen and oxygen atoms in total. The van der Waals surface area contributed by atoms with Crippen LogP contribution < -0.4 is 4.90 Å². The van der Waals surface area contributed by atoms with Crippen molar-refractivity contribution in [2.45, 2.75) is 57.5 Å². The van der Waals surface area contributed by atoms with E-state index in [9.17, 15) is 4.79 Å². The van der Waals surface area contributed by atoms with E-state index in [4.69, 9.17) is 4.74 Å². The molecule has 0 radical (unpaired) electrons. The van der Waals surface area contributed by atoms with Crippen molar-refractivity contribution in [3.63, 3.8) is 0 Å². The molecule has 0 aromatic heterocycles. The van der Waals surface area contributed by atoms with Gasteiger partial charge in [-0.3, -0.25) is 0 Å². The standard InChI is InChI=1S/C21H30N2O2/c1-20(2,3)25-19(24)23-14-17-13-21(17,15-23)16-7-9-18(10-8-16)22-11-5-4-6-12-22/h7-10,17H,4-6,11-15H2,1-3H3. The highest BCUT2D eigenvalue weighted by Crippen LogP contribution is 2.59. The zero-order valence-corrected chi connectivity index (χ0v) is 15.8. The van der Waals surface area contributed by atoms with Crippen LogP contribution in [0, 0.1) is 5.92 Å². The number of rotatable bonds is 2. The lowest BCUT2D eigenvalue weighted by Crippen LogP contribution is -2.37. The van der Waals surface area contributed by atoms with Gasteiger partial charge in [0.2, 0.25) is 0 Å². The largest absolute Gasteiger partial charge is 0.444 e. The van der Waals surface area contributed by atoms with Crippen molar-refractivity contribution in [2.75, 3.05) is 31.1 Å². The molecule has 2 unspecified atom stereocenters. The zero-order valence-electron chi connectivity index (χ0n) is 15.8. The molecule has 2 heterocycles. The van der Waals surface area contributed by atoms with E-state index in [0.717, 1.165) is 13.1 Å². The Bertz CT molecular complexity index is 643. The molecule has 3 aliphatic rings. The van der Waals surface area contributed by atoms with Gasteiger partial charge < -0.3 is 14.5 Å². The van der Waals surface area contributed by atoms with Crippen molar-refractivity contribution in [1.29, 1.82) is 0 Å². The van der Waals surface area contributed by atoms with Crippen LogP contribution in [0.1, 0.15) is 52.0 Å². The Morgan fingerprint density at radius 1 is 1.12 bits per heavy atom. The number of hydrogen-bond acceptors (Lipinski definition) is 3. The van der Waals surface area contributed by atoms with Gasteiger partial charge in [0.1, 0.15) is 5.60 Å². The Balaban J connectivity index is 1.43. The van der Waals surface area contributed by atoms with Gasteiger partial charge in [-0.15, -0.1) is 0 Å². The van der Waals surface area contributed by atoms with Gasteiger partial charge >= 0.3 is 6.09 Å². The molecule has 1 saturated carbocycles. The quantitative estimate of drug-likeness (QED) is 0.808. The number of likely N-dealkylation sites (tertiary alicyclic amines) is 1. The van der Waals surface area contributed by atoms with Crippen LogP contribution in [0.4, 0.5) is 10.5 Å². The first-order valence-electron chi connectivity index (χ1n) is 9.71. The van der Waals surface area contributed by atoms with E-state index in [2.05, 4.69) is 29.2 Å². The third-order valence-electron chi connectivity index (χ3n) is 5.96. The third-order valence-corrected chi connectivity index (χ3v) is 5.96. The lowest BCUT2D eigenvalue weighted by Gasteiger charge is -2.29. The van der Waals surface area contributed by atoms with Crippen molar-refractivity contribution >= 4 is 11.8 Å². The van der Waals surface area contributed by atoms with E-state index in [1.165, 1.54) is 50.0 Å². The molecule has 1 amide bonds. The number of amides is 1. The molecule has 4 heteroatoms. The fourth-order valence-electron chi connectivity index (χ4n) is 4.55. The molecule has 25 heavy (non-hydrogen) atoms. The molecule has 2 saturated heterocycles. The van der Waals surface area contributed by atoms with Crippen LogP contribution in [0.2, 0.25) is 0 Å². The van der Waals surface area contributed by atoms with Crippen LogP contribution in [-0.2, 0) is 10.2 Å². The second-order valence-electron chi connectivity index (χ2n) is 9.01. The second kappa shape index (κ2) is 5.93. The summed E-state index contributed by atoms with van der Waals surface area (Å²) >= 11 is 0. The number of fused-ring (bicyclic) bond motifs is 1. The van der Waals surface area contributed by atoms with Crippen LogP contribution in [0.25, 0.3) is 0 Å². The van der Waals surface area contributed by atoms with E-state index < -0.39 is 5.60 Å². The number of carbonyl (C=O) groups is 1. The summed E-state index contributed by atoms with van der Waals surface area (Å²) in [5, 5.41) is 0. The van der Waals surface area contributed by atoms with Crippen molar-refractivity contribution in [2.24, 2.45) is 5.92 Å². The maximum atomic E-state index is 12.4. The highest BCUT2D eigenvalue weighted by atomic mass is 16.6. The third kappa shape index (κ3) is 3.23. The van der Waals surface area contributed by atoms with Crippen LogP contribution >= 0.6 is 0 Å². The monoisotopic (exact) mass is 342 g/mol. The molecule has 1 aromatic rings. The van der Waals surface area contributed by atoms with Gasteiger partial charge in [-0.05, 0) is 70.1 Å². The molecule has 136 valence electrons. The highest BCUT2D eigenvalue weighted by Gasteiger charge is 2.62. The van der Waals surface area contributed by atoms with E-state index in [1.54, 1.807) is 0 Å².